The van der Waals surface area contributed by atoms with E-state index in [4.69, 9.17) is 0 Å². The summed E-state index contributed by atoms with van der Waals surface area (Å²) in [5, 5.41) is 5.52. The summed E-state index contributed by atoms with van der Waals surface area (Å²) in [7, 11) is 0. The molecule has 0 atom stereocenters. The molecular weight excluding hydrogens is 389 g/mol. The van der Waals surface area contributed by atoms with Gasteiger partial charge in [0.1, 0.15) is 5.82 Å². The third-order valence-corrected chi connectivity index (χ3v) is 4.86. The summed E-state index contributed by atoms with van der Waals surface area (Å²) in [5.74, 6) is -0.746. The van der Waals surface area contributed by atoms with E-state index in [1.54, 1.807) is 47.4 Å². The van der Waals surface area contributed by atoms with E-state index in [0.717, 1.165) is 16.3 Å². The maximum Gasteiger partial charge on any atom is 0.251 e. The van der Waals surface area contributed by atoms with E-state index >= 15 is 0 Å². The molecule has 7 heteroatoms. The first-order valence-electron chi connectivity index (χ1n) is 8.94. The van der Waals surface area contributed by atoms with E-state index in [1.165, 1.54) is 36.5 Å². The molecule has 3 rings (SSSR count). The zero-order valence-electron chi connectivity index (χ0n) is 16.1. The molecule has 1 heterocycles. The van der Waals surface area contributed by atoms with Gasteiger partial charge in [0.05, 0.1) is 17.2 Å². The quantitative estimate of drug-likeness (QED) is 0.595. The minimum absolute atomic E-state index is 0.143. The minimum atomic E-state index is -0.361. The number of nitrogens with one attached hydrogen (secondary N) is 1. The summed E-state index contributed by atoms with van der Waals surface area (Å²) >= 11 is 1.51. The molecule has 0 saturated heterocycles. The van der Waals surface area contributed by atoms with Crippen molar-refractivity contribution < 1.29 is 14.0 Å². The van der Waals surface area contributed by atoms with Crippen LogP contribution in [0.25, 0.3) is 6.08 Å². The molecule has 5 nitrogen and oxygen atoms in total. The van der Waals surface area contributed by atoms with Crippen LogP contribution in [0.3, 0.4) is 0 Å². The molecule has 0 bridgehead atoms. The predicted molar refractivity (Wildman–Crippen MR) is 114 cm³/mol. The van der Waals surface area contributed by atoms with Crippen LogP contribution in [-0.4, -0.2) is 16.8 Å². The number of carbonyl (C=O) groups is 2. The lowest BCUT2D eigenvalue weighted by Crippen LogP contribution is -2.28. The van der Waals surface area contributed by atoms with Crippen LogP contribution in [0.5, 0.6) is 0 Å². The Morgan fingerprint density at radius 3 is 2.41 bits per heavy atom. The number of hydrogen-bond donors (Lipinski definition) is 1. The molecule has 0 aliphatic heterocycles. The molecule has 0 aliphatic rings. The van der Waals surface area contributed by atoms with Crippen LogP contribution in [0.1, 0.15) is 23.2 Å². The van der Waals surface area contributed by atoms with Crippen molar-refractivity contribution in [3.05, 3.63) is 82.1 Å². The maximum atomic E-state index is 13.3. The fourth-order valence-electron chi connectivity index (χ4n) is 2.70. The highest BCUT2D eigenvalue weighted by Crippen LogP contribution is 2.20. The molecule has 0 saturated carbocycles. The molecule has 0 unspecified atom stereocenters. The number of benzene rings is 2. The Morgan fingerprint density at radius 1 is 1.14 bits per heavy atom. The first kappa shape index (κ1) is 20.4. The molecule has 2 aromatic carbocycles. The molecule has 148 valence electrons. The number of carbonyl (C=O) groups excluding carboxylic acids is 2. The van der Waals surface area contributed by atoms with Crippen molar-refractivity contribution >= 4 is 40.6 Å². The third kappa shape index (κ3) is 5.83. The smallest absolute Gasteiger partial charge is 0.251 e. The number of aryl methyl sites for hydroxylation is 1. The van der Waals surface area contributed by atoms with Crippen molar-refractivity contribution in [3.8, 4) is 0 Å². The topological polar surface area (TPSA) is 62.3 Å². The summed E-state index contributed by atoms with van der Waals surface area (Å²) in [6, 6.07) is 12.9. The predicted octanol–water partition coefficient (Wildman–Crippen LogP) is 4.80. The van der Waals surface area contributed by atoms with Crippen LogP contribution in [0.4, 0.5) is 15.8 Å². The van der Waals surface area contributed by atoms with Gasteiger partial charge in [0.15, 0.2) is 0 Å². The summed E-state index contributed by atoms with van der Waals surface area (Å²) in [6.07, 6.45) is 3.17. The molecule has 0 radical (unpaired) electrons. The van der Waals surface area contributed by atoms with Gasteiger partial charge >= 0.3 is 0 Å². The third-order valence-electron chi connectivity index (χ3n) is 4.04. The van der Waals surface area contributed by atoms with Crippen LogP contribution < -0.4 is 10.2 Å². The first-order valence-corrected chi connectivity index (χ1v) is 9.82. The zero-order valence-corrected chi connectivity index (χ0v) is 16.9. The van der Waals surface area contributed by atoms with Crippen molar-refractivity contribution in [3.63, 3.8) is 0 Å². The number of halogens is 1. The molecule has 2 amide bonds. The molecule has 3 aromatic rings. The zero-order chi connectivity index (χ0) is 20.8. The number of aromatic nitrogens is 1. The van der Waals surface area contributed by atoms with Crippen LogP contribution in [0, 0.1) is 12.7 Å². The summed E-state index contributed by atoms with van der Waals surface area (Å²) in [5.41, 5.74) is 2.87. The molecule has 0 aliphatic carbocycles. The summed E-state index contributed by atoms with van der Waals surface area (Å²) < 4.78 is 13.3. The van der Waals surface area contributed by atoms with Crippen molar-refractivity contribution in [2.75, 3.05) is 10.2 Å². The lowest BCUT2D eigenvalue weighted by Gasteiger charge is -2.20. The van der Waals surface area contributed by atoms with Gasteiger partial charge in [-0.2, -0.15) is 0 Å². The van der Waals surface area contributed by atoms with Gasteiger partial charge in [-0.25, -0.2) is 9.37 Å². The van der Waals surface area contributed by atoms with E-state index in [2.05, 4.69) is 10.3 Å². The van der Waals surface area contributed by atoms with Gasteiger partial charge in [0, 0.05) is 29.8 Å². The van der Waals surface area contributed by atoms with Gasteiger partial charge in [0.2, 0.25) is 5.91 Å². The molecule has 0 spiro atoms. The molecule has 0 fully saturated rings. The van der Waals surface area contributed by atoms with Gasteiger partial charge in [-0.15, -0.1) is 11.3 Å². The van der Waals surface area contributed by atoms with Crippen LogP contribution in [-0.2, 0) is 16.1 Å². The number of anilines is 2. The first-order chi connectivity index (χ1) is 13.9. The van der Waals surface area contributed by atoms with E-state index in [0.29, 0.717) is 17.9 Å². The molecule has 1 N–H and O–H groups in total. The largest absolute Gasteiger partial charge is 0.326 e. The van der Waals surface area contributed by atoms with Gasteiger partial charge in [-0.3, -0.25) is 9.59 Å². The minimum Gasteiger partial charge on any atom is -0.326 e. The number of nitrogens with zero attached hydrogens (tertiary/aromatic N) is 2. The van der Waals surface area contributed by atoms with Crippen molar-refractivity contribution in [1.82, 2.24) is 4.98 Å². The van der Waals surface area contributed by atoms with E-state index < -0.39 is 0 Å². The van der Waals surface area contributed by atoms with Gasteiger partial charge in [0.25, 0.3) is 5.91 Å². The second kappa shape index (κ2) is 9.25. The Morgan fingerprint density at radius 2 is 1.83 bits per heavy atom. The Kier molecular flexibility index (Phi) is 6.51. The number of rotatable bonds is 6. The Bertz CT molecular complexity index is 1030. The normalized spacial score (nSPS) is 10.9. The molecule has 29 heavy (non-hydrogen) atoms. The number of hydrogen-bond acceptors (Lipinski definition) is 4. The highest BCUT2D eigenvalue weighted by Gasteiger charge is 2.15. The van der Waals surface area contributed by atoms with Gasteiger partial charge < -0.3 is 10.2 Å². The summed E-state index contributed by atoms with van der Waals surface area (Å²) in [4.78, 5) is 30.0. The second-order valence-corrected chi connectivity index (χ2v) is 7.46. The SMILES string of the molecule is CC(=O)Nc1ccc(/C=C/C(=O)N(Cc2csc(C)n2)c2ccc(F)cc2)cc1. The van der Waals surface area contributed by atoms with Crippen molar-refractivity contribution in [1.29, 1.82) is 0 Å². The second-order valence-electron chi connectivity index (χ2n) is 6.40. The van der Waals surface area contributed by atoms with E-state index in [1.807, 2.05) is 12.3 Å². The van der Waals surface area contributed by atoms with Gasteiger partial charge in [-0.1, -0.05) is 12.1 Å². The Labute approximate surface area is 172 Å². The van der Waals surface area contributed by atoms with Crippen LogP contribution >= 0.6 is 11.3 Å². The van der Waals surface area contributed by atoms with Crippen LogP contribution in [0.2, 0.25) is 0 Å². The fraction of sp³-hybridized carbons (Fsp3) is 0.136. The summed E-state index contributed by atoms with van der Waals surface area (Å²) in [6.45, 7) is 3.64. The Hall–Kier alpha value is -3.32. The maximum absolute atomic E-state index is 13.3. The standard InChI is InChI=1S/C22H20FN3O2S/c1-15(27)24-19-8-3-17(4-9-19)5-12-22(28)26(13-20-14-29-16(2)25-20)21-10-6-18(23)7-11-21/h3-12,14H,13H2,1-2H3,(H,24,27)/b12-5+. The van der Waals surface area contributed by atoms with Crippen molar-refractivity contribution in [2.24, 2.45) is 0 Å². The molecular formula is C22H20FN3O2S. The number of thiazole rings is 1. The average Bonchev–Trinajstić information content (AvgIpc) is 3.10. The van der Waals surface area contributed by atoms with E-state index in [-0.39, 0.29) is 17.6 Å². The monoisotopic (exact) mass is 409 g/mol. The van der Waals surface area contributed by atoms with E-state index in [9.17, 15) is 14.0 Å². The fourth-order valence-corrected chi connectivity index (χ4v) is 3.30. The number of amides is 2. The average molecular weight is 409 g/mol. The van der Waals surface area contributed by atoms with Crippen molar-refractivity contribution in [2.45, 2.75) is 20.4 Å². The molecule has 1 aromatic heterocycles. The van der Waals surface area contributed by atoms with Gasteiger partial charge in [-0.05, 0) is 55.0 Å². The van der Waals surface area contributed by atoms with Crippen LogP contribution in [0.15, 0.2) is 60.0 Å². The highest BCUT2D eigenvalue weighted by atomic mass is 32.1. The highest BCUT2D eigenvalue weighted by molar-refractivity contribution is 7.09. The Balaban J connectivity index is 1.79. The lowest BCUT2D eigenvalue weighted by molar-refractivity contribution is -0.115. The lowest BCUT2D eigenvalue weighted by atomic mass is 10.2.